The second kappa shape index (κ2) is 7.96. The van der Waals surface area contributed by atoms with Crippen molar-refractivity contribution in [1.82, 2.24) is 30.1 Å². The van der Waals surface area contributed by atoms with Crippen molar-refractivity contribution < 1.29 is 4.39 Å². The average Bonchev–Trinajstić information content (AvgIpc) is 3.51. The van der Waals surface area contributed by atoms with Crippen LogP contribution in [0.4, 0.5) is 10.2 Å². The summed E-state index contributed by atoms with van der Waals surface area (Å²) in [5.74, 6) is 0.535. The van der Waals surface area contributed by atoms with Gasteiger partial charge in [-0.2, -0.15) is 5.10 Å². The molecule has 9 heteroatoms. The van der Waals surface area contributed by atoms with Crippen LogP contribution in [-0.4, -0.2) is 49.3 Å². The predicted octanol–water partition coefficient (Wildman–Crippen LogP) is 4.52. The number of aromatic amines is 2. The molecule has 0 bridgehead atoms. The van der Waals surface area contributed by atoms with E-state index in [4.69, 9.17) is 15.7 Å². The maximum Gasteiger partial charge on any atom is 0.147 e. The molecule has 0 aliphatic carbocycles. The van der Waals surface area contributed by atoms with E-state index in [1.165, 1.54) is 6.07 Å². The number of nitrogens with one attached hydrogen (secondary N) is 2. The highest BCUT2D eigenvalue weighted by Gasteiger charge is 2.25. The summed E-state index contributed by atoms with van der Waals surface area (Å²) in [6, 6.07) is 18.6. The number of anilines is 1. The van der Waals surface area contributed by atoms with Gasteiger partial charge >= 0.3 is 0 Å². The number of H-pyrrole nitrogens is 2. The van der Waals surface area contributed by atoms with Crippen molar-refractivity contribution in [3.63, 3.8) is 0 Å². The Morgan fingerprint density at radius 2 is 1.75 bits per heavy atom. The van der Waals surface area contributed by atoms with Gasteiger partial charge in [0.15, 0.2) is 0 Å². The number of nitrogens with two attached hydrogens (primary N) is 1. The first-order valence-electron chi connectivity index (χ1n) is 11.7. The van der Waals surface area contributed by atoms with Crippen LogP contribution in [0.2, 0.25) is 0 Å². The van der Waals surface area contributed by atoms with Crippen molar-refractivity contribution in [3.8, 4) is 33.9 Å². The fourth-order valence-electron chi connectivity index (χ4n) is 4.76. The minimum absolute atomic E-state index is 0.175. The lowest BCUT2D eigenvalue weighted by atomic mass is 10.0. The molecule has 2 aromatic carbocycles. The third kappa shape index (κ3) is 3.32. The summed E-state index contributed by atoms with van der Waals surface area (Å²) in [5.41, 5.74) is 12.6. The Labute approximate surface area is 205 Å². The van der Waals surface area contributed by atoms with E-state index in [-0.39, 0.29) is 11.9 Å². The molecule has 36 heavy (non-hydrogen) atoms. The average molecular weight is 477 g/mol. The third-order valence-electron chi connectivity index (χ3n) is 6.61. The molecule has 0 atom stereocenters. The Kier molecular flexibility index (Phi) is 4.58. The highest BCUT2D eigenvalue weighted by atomic mass is 19.1. The Morgan fingerprint density at radius 3 is 2.61 bits per heavy atom. The lowest BCUT2D eigenvalue weighted by Crippen LogP contribution is -2.56. The molecule has 0 amide bonds. The van der Waals surface area contributed by atoms with E-state index in [0.29, 0.717) is 28.2 Å². The Bertz CT molecular complexity index is 1750. The summed E-state index contributed by atoms with van der Waals surface area (Å²) in [6.45, 7) is 1.54. The van der Waals surface area contributed by atoms with E-state index in [1.54, 1.807) is 24.5 Å². The van der Waals surface area contributed by atoms with Crippen LogP contribution in [-0.2, 0) is 0 Å². The van der Waals surface area contributed by atoms with Crippen molar-refractivity contribution in [2.24, 2.45) is 5.73 Å². The van der Waals surface area contributed by atoms with Gasteiger partial charge < -0.3 is 15.6 Å². The van der Waals surface area contributed by atoms with E-state index in [9.17, 15) is 4.39 Å². The molecule has 1 fully saturated rings. The number of hydrogen-bond donors (Lipinski definition) is 3. The fourth-order valence-corrected chi connectivity index (χ4v) is 4.76. The monoisotopic (exact) mass is 476 g/mol. The van der Waals surface area contributed by atoms with Gasteiger partial charge in [-0.3, -0.25) is 10.1 Å². The number of hydrogen-bond acceptors (Lipinski definition) is 6. The van der Waals surface area contributed by atoms with Gasteiger partial charge in [0.2, 0.25) is 0 Å². The third-order valence-corrected chi connectivity index (χ3v) is 6.61. The number of halogens is 1. The zero-order chi connectivity index (χ0) is 24.2. The molecule has 176 valence electrons. The molecular weight excluding hydrogens is 455 g/mol. The maximum absolute atomic E-state index is 14.6. The summed E-state index contributed by atoms with van der Waals surface area (Å²) >= 11 is 0. The number of nitrogens with zero attached hydrogens (tertiary/aromatic N) is 5. The van der Waals surface area contributed by atoms with Crippen LogP contribution in [0.15, 0.2) is 73.1 Å². The van der Waals surface area contributed by atoms with Crippen LogP contribution in [0.25, 0.3) is 55.8 Å². The highest BCUT2D eigenvalue weighted by molar-refractivity contribution is 6.00. The van der Waals surface area contributed by atoms with Crippen LogP contribution in [0.1, 0.15) is 0 Å². The number of aromatic nitrogens is 6. The molecule has 0 saturated carbocycles. The van der Waals surface area contributed by atoms with Crippen LogP contribution < -0.4 is 10.6 Å². The first kappa shape index (κ1) is 20.7. The quantitative estimate of drug-likeness (QED) is 0.345. The van der Waals surface area contributed by atoms with E-state index in [1.807, 2.05) is 42.5 Å². The van der Waals surface area contributed by atoms with Crippen LogP contribution in [0, 0.1) is 5.82 Å². The second-order valence-corrected chi connectivity index (χ2v) is 9.02. The SMILES string of the molecule is NC1CN(c2cncc(-c3ccc4[nH]nc(-c5cc6c(-c7ccccc7F)cccc6[nH]5)c4n3)n2)C1. The van der Waals surface area contributed by atoms with Crippen LogP contribution >= 0.6 is 0 Å². The van der Waals surface area contributed by atoms with E-state index >= 15 is 0 Å². The number of fused-ring (bicyclic) bond motifs is 2. The van der Waals surface area contributed by atoms with Crippen molar-refractivity contribution in [2.75, 3.05) is 18.0 Å². The first-order valence-corrected chi connectivity index (χ1v) is 11.7. The molecule has 1 aliphatic heterocycles. The van der Waals surface area contributed by atoms with Gasteiger partial charge in [0.25, 0.3) is 0 Å². The zero-order valence-electron chi connectivity index (χ0n) is 19.1. The number of pyridine rings is 1. The topological polar surface area (TPSA) is 112 Å². The molecule has 0 spiro atoms. The molecule has 1 saturated heterocycles. The largest absolute Gasteiger partial charge is 0.353 e. The molecule has 4 N–H and O–H groups in total. The molecule has 8 nitrogen and oxygen atoms in total. The minimum atomic E-state index is -0.257. The standard InChI is InChI=1S/C27H21FN8/c28-19-6-2-1-4-17(19)16-5-3-7-20-18(16)10-23(31-20)27-26-22(34-35-27)9-8-21(33-26)24-11-30-12-25(32-24)36-13-15(29)14-36/h1-12,15,31H,13-14,29H2,(H,34,35). The number of benzene rings is 2. The minimum Gasteiger partial charge on any atom is -0.353 e. The Hall–Kier alpha value is -4.63. The highest BCUT2D eigenvalue weighted by Crippen LogP contribution is 2.35. The van der Waals surface area contributed by atoms with Gasteiger partial charge in [-0.1, -0.05) is 30.3 Å². The predicted molar refractivity (Wildman–Crippen MR) is 138 cm³/mol. The van der Waals surface area contributed by atoms with Gasteiger partial charge in [-0.05, 0) is 35.9 Å². The Balaban J connectivity index is 1.32. The van der Waals surface area contributed by atoms with Crippen molar-refractivity contribution >= 4 is 27.8 Å². The molecule has 6 aromatic rings. The van der Waals surface area contributed by atoms with Crippen molar-refractivity contribution in [3.05, 3.63) is 78.9 Å². The molecule has 1 aliphatic rings. The van der Waals surface area contributed by atoms with E-state index in [2.05, 4.69) is 25.1 Å². The van der Waals surface area contributed by atoms with Gasteiger partial charge in [-0.25, -0.2) is 14.4 Å². The number of rotatable bonds is 4. The molecule has 7 rings (SSSR count). The first-order chi connectivity index (χ1) is 17.6. The summed E-state index contributed by atoms with van der Waals surface area (Å²) in [4.78, 5) is 19.5. The van der Waals surface area contributed by atoms with Crippen LogP contribution in [0.5, 0.6) is 0 Å². The molecule has 0 radical (unpaired) electrons. The van der Waals surface area contributed by atoms with E-state index < -0.39 is 0 Å². The second-order valence-electron chi connectivity index (χ2n) is 9.02. The zero-order valence-corrected chi connectivity index (χ0v) is 19.1. The molecule has 5 heterocycles. The fraction of sp³-hybridized carbons (Fsp3) is 0.111. The summed E-state index contributed by atoms with van der Waals surface area (Å²) in [6.07, 6.45) is 3.45. The van der Waals surface area contributed by atoms with Crippen molar-refractivity contribution in [2.45, 2.75) is 6.04 Å². The molecule has 0 unspecified atom stereocenters. The van der Waals surface area contributed by atoms with Gasteiger partial charge in [0.1, 0.15) is 28.5 Å². The smallest absolute Gasteiger partial charge is 0.147 e. The lowest BCUT2D eigenvalue weighted by Gasteiger charge is -2.37. The van der Waals surface area contributed by atoms with Crippen molar-refractivity contribution in [1.29, 1.82) is 0 Å². The van der Waals surface area contributed by atoms with Gasteiger partial charge in [-0.15, -0.1) is 0 Å². The van der Waals surface area contributed by atoms with Gasteiger partial charge in [0, 0.05) is 35.6 Å². The van der Waals surface area contributed by atoms with Crippen LogP contribution in [0.3, 0.4) is 0 Å². The molecular formula is C27H21FN8. The maximum atomic E-state index is 14.6. The molecule has 4 aromatic heterocycles. The summed E-state index contributed by atoms with van der Waals surface area (Å²) in [5, 5.41) is 8.52. The summed E-state index contributed by atoms with van der Waals surface area (Å²) < 4.78 is 14.6. The Morgan fingerprint density at radius 1 is 0.889 bits per heavy atom. The normalized spacial score (nSPS) is 14.0. The lowest BCUT2D eigenvalue weighted by molar-refractivity contribution is 0.514. The van der Waals surface area contributed by atoms with E-state index in [0.717, 1.165) is 46.6 Å². The van der Waals surface area contributed by atoms with Gasteiger partial charge in [0.05, 0.1) is 29.3 Å². The summed E-state index contributed by atoms with van der Waals surface area (Å²) in [7, 11) is 0.